The fourth-order valence-corrected chi connectivity index (χ4v) is 2.38. The molecule has 2 heterocycles. The Morgan fingerprint density at radius 2 is 1.90 bits per heavy atom. The van der Waals surface area contributed by atoms with Crippen molar-refractivity contribution in [1.29, 1.82) is 0 Å². The summed E-state index contributed by atoms with van der Waals surface area (Å²) in [4.78, 5) is 11.4. The Hall–Kier alpha value is -1.74. The van der Waals surface area contributed by atoms with Crippen molar-refractivity contribution >= 4 is 0 Å². The monoisotopic (exact) mass is 269 g/mol. The Kier molecular flexibility index (Phi) is 5.24. The van der Waals surface area contributed by atoms with Gasteiger partial charge in [-0.2, -0.15) is 0 Å². The molecule has 106 valence electrons. The third kappa shape index (κ3) is 3.64. The Labute approximate surface area is 121 Å². The number of hydrogen-bond donors (Lipinski definition) is 0. The van der Waals surface area contributed by atoms with E-state index < -0.39 is 0 Å². The van der Waals surface area contributed by atoms with Gasteiger partial charge in [0.15, 0.2) is 0 Å². The van der Waals surface area contributed by atoms with Gasteiger partial charge >= 0.3 is 0 Å². The minimum Gasteiger partial charge on any atom is -0.289 e. The van der Waals surface area contributed by atoms with Crippen LogP contribution in [0, 0.1) is 6.92 Å². The van der Waals surface area contributed by atoms with E-state index in [9.17, 15) is 0 Å². The average molecular weight is 269 g/mol. The smallest absolute Gasteiger partial charge is 0.0573 e. The van der Waals surface area contributed by atoms with E-state index in [0.29, 0.717) is 6.04 Å². The van der Waals surface area contributed by atoms with Crippen LogP contribution in [0.2, 0.25) is 0 Å². The summed E-state index contributed by atoms with van der Waals surface area (Å²) in [5.74, 6) is 0. The van der Waals surface area contributed by atoms with E-state index in [2.05, 4.69) is 53.8 Å². The van der Waals surface area contributed by atoms with E-state index in [1.54, 1.807) is 0 Å². The first-order valence-corrected chi connectivity index (χ1v) is 7.27. The quantitative estimate of drug-likeness (QED) is 0.799. The second kappa shape index (κ2) is 7.15. The van der Waals surface area contributed by atoms with Crippen LogP contribution in [0.15, 0.2) is 42.7 Å². The first kappa shape index (κ1) is 14.7. The molecule has 3 nitrogen and oxygen atoms in total. The zero-order valence-corrected chi connectivity index (χ0v) is 12.6. The van der Waals surface area contributed by atoms with Crippen LogP contribution in [0.4, 0.5) is 0 Å². The van der Waals surface area contributed by atoms with Gasteiger partial charge in [0.25, 0.3) is 0 Å². The highest BCUT2D eigenvalue weighted by Crippen LogP contribution is 2.21. The van der Waals surface area contributed by atoms with Crippen molar-refractivity contribution in [3.8, 4) is 0 Å². The van der Waals surface area contributed by atoms with Gasteiger partial charge in [-0.3, -0.25) is 14.9 Å². The molecule has 0 fully saturated rings. The first-order valence-electron chi connectivity index (χ1n) is 7.27. The lowest BCUT2D eigenvalue weighted by Crippen LogP contribution is -2.28. The maximum Gasteiger partial charge on any atom is 0.0573 e. The van der Waals surface area contributed by atoms with Gasteiger partial charge in [0, 0.05) is 25.0 Å². The van der Waals surface area contributed by atoms with Crippen molar-refractivity contribution in [2.75, 3.05) is 6.54 Å². The lowest BCUT2D eigenvalue weighted by molar-refractivity contribution is 0.195. The molecule has 0 saturated heterocycles. The van der Waals surface area contributed by atoms with Crippen LogP contribution in [0.3, 0.4) is 0 Å². The van der Waals surface area contributed by atoms with Crippen LogP contribution >= 0.6 is 0 Å². The molecular weight excluding hydrogens is 246 g/mol. The van der Waals surface area contributed by atoms with Crippen LogP contribution in [-0.4, -0.2) is 21.4 Å². The number of rotatable bonds is 6. The average Bonchev–Trinajstić information content (AvgIpc) is 2.49. The zero-order chi connectivity index (χ0) is 14.4. The normalized spacial score (nSPS) is 12.6. The van der Waals surface area contributed by atoms with Crippen molar-refractivity contribution < 1.29 is 0 Å². The third-order valence-corrected chi connectivity index (χ3v) is 3.65. The number of nitrogens with zero attached hydrogens (tertiary/aromatic N) is 3. The van der Waals surface area contributed by atoms with Crippen LogP contribution in [0.25, 0.3) is 0 Å². The van der Waals surface area contributed by atoms with Crippen LogP contribution in [0.1, 0.15) is 43.3 Å². The van der Waals surface area contributed by atoms with E-state index >= 15 is 0 Å². The van der Waals surface area contributed by atoms with Gasteiger partial charge in [-0.1, -0.05) is 19.1 Å². The predicted molar refractivity (Wildman–Crippen MR) is 82.3 cm³/mol. The minimum atomic E-state index is 0.303. The Balaban J connectivity index is 2.17. The van der Waals surface area contributed by atoms with E-state index in [1.165, 1.54) is 5.56 Å². The standard InChI is InChI=1S/C17H23N3/c1-4-12-20(13-17-14(2)8-7-11-19-17)15(3)16-9-5-6-10-18-16/h5-11,15H,4,12-13H2,1-3H3. The van der Waals surface area contributed by atoms with Gasteiger partial charge in [0.05, 0.1) is 11.4 Å². The third-order valence-electron chi connectivity index (χ3n) is 3.65. The summed E-state index contributed by atoms with van der Waals surface area (Å²) in [6, 6.07) is 10.5. The van der Waals surface area contributed by atoms with Crippen LogP contribution < -0.4 is 0 Å². The fraction of sp³-hybridized carbons (Fsp3) is 0.412. The van der Waals surface area contributed by atoms with Gasteiger partial charge in [-0.15, -0.1) is 0 Å². The maximum atomic E-state index is 4.51. The molecule has 3 heteroatoms. The molecule has 0 aliphatic heterocycles. The van der Waals surface area contributed by atoms with Crippen LogP contribution in [-0.2, 0) is 6.54 Å². The summed E-state index contributed by atoms with van der Waals surface area (Å²) in [6.45, 7) is 8.48. The molecule has 0 bridgehead atoms. The van der Waals surface area contributed by atoms with E-state index in [4.69, 9.17) is 0 Å². The Morgan fingerprint density at radius 3 is 2.55 bits per heavy atom. The molecule has 0 N–H and O–H groups in total. The minimum absolute atomic E-state index is 0.303. The molecule has 1 unspecified atom stereocenters. The molecule has 2 aromatic rings. The molecule has 1 atom stereocenters. The van der Waals surface area contributed by atoms with Gasteiger partial charge in [0.1, 0.15) is 0 Å². The van der Waals surface area contributed by atoms with Gasteiger partial charge in [-0.25, -0.2) is 0 Å². The number of aryl methyl sites for hydroxylation is 1. The van der Waals surface area contributed by atoms with Crippen molar-refractivity contribution in [3.05, 3.63) is 59.7 Å². The van der Waals surface area contributed by atoms with Crippen molar-refractivity contribution in [3.63, 3.8) is 0 Å². The number of aromatic nitrogens is 2. The summed E-state index contributed by atoms with van der Waals surface area (Å²) >= 11 is 0. The van der Waals surface area contributed by atoms with Crippen molar-refractivity contribution in [1.82, 2.24) is 14.9 Å². The fourth-order valence-electron chi connectivity index (χ4n) is 2.38. The summed E-state index contributed by atoms with van der Waals surface area (Å²) in [5, 5.41) is 0. The summed E-state index contributed by atoms with van der Waals surface area (Å²) in [7, 11) is 0. The number of hydrogen-bond acceptors (Lipinski definition) is 3. The molecule has 0 radical (unpaired) electrons. The summed E-state index contributed by atoms with van der Waals surface area (Å²) in [6.07, 6.45) is 4.86. The Bertz CT molecular complexity index is 525. The van der Waals surface area contributed by atoms with Crippen LogP contribution in [0.5, 0.6) is 0 Å². The molecule has 0 aliphatic carbocycles. The first-order chi connectivity index (χ1) is 9.72. The molecule has 0 spiro atoms. The van der Waals surface area contributed by atoms with Crippen molar-refractivity contribution in [2.45, 2.75) is 39.8 Å². The molecular formula is C17H23N3. The SMILES string of the molecule is CCCN(Cc1ncccc1C)C(C)c1ccccn1. The second-order valence-electron chi connectivity index (χ2n) is 5.17. The second-order valence-corrected chi connectivity index (χ2v) is 5.17. The molecule has 0 amide bonds. The van der Waals surface area contributed by atoms with Gasteiger partial charge in [0.2, 0.25) is 0 Å². The predicted octanol–water partition coefficient (Wildman–Crippen LogP) is 3.76. The topological polar surface area (TPSA) is 29.0 Å². The maximum absolute atomic E-state index is 4.51. The summed E-state index contributed by atoms with van der Waals surface area (Å²) in [5.41, 5.74) is 3.53. The molecule has 2 rings (SSSR count). The van der Waals surface area contributed by atoms with Crippen molar-refractivity contribution in [2.24, 2.45) is 0 Å². The lowest BCUT2D eigenvalue weighted by Gasteiger charge is -2.28. The highest BCUT2D eigenvalue weighted by atomic mass is 15.2. The highest BCUT2D eigenvalue weighted by Gasteiger charge is 2.17. The van der Waals surface area contributed by atoms with E-state index in [1.807, 2.05) is 24.5 Å². The molecule has 0 aliphatic rings. The van der Waals surface area contributed by atoms with Gasteiger partial charge in [-0.05, 0) is 50.6 Å². The molecule has 20 heavy (non-hydrogen) atoms. The largest absolute Gasteiger partial charge is 0.289 e. The molecule has 0 saturated carbocycles. The lowest BCUT2D eigenvalue weighted by atomic mass is 10.1. The van der Waals surface area contributed by atoms with E-state index in [0.717, 1.165) is 30.9 Å². The summed E-state index contributed by atoms with van der Waals surface area (Å²) < 4.78 is 0. The number of pyridine rings is 2. The zero-order valence-electron chi connectivity index (χ0n) is 12.6. The van der Waals surface area contributed by atoms with E-state index in [-0.39, 0.29) is 0 Å². The molecule has 2 aromatic heterocycles. The highest BCUT2D eigenvalue weighted by molar-refractivity contribution is 5.18. The molecule has 0 aromatic carbocycles. The Morgan fingerprint density at radius 1 is 1.10 bits per heavy atom. The van der Waals surface area contributed by atoms with Gasteiger partial charge < -0.3 is 0 Å².